The van der Waals surface area contributed by atoms with Crippen molar-refractivity contribution in [3.05, 3.63) is 72.1 Å². The van der Waals surface area contributed by atoms with Gasteiger partial charge in [-0.15, -0.1) is 0 Å². The van der Waals surface area contributed by atoms with E-state index in [9.17, 15) is 0 Å². The first-order valence-corrected chi connectivity index (χ1v) is 11.0. The standard InChI is InChI=1S/C24H31N7/c1-3-25-24(26-14-20-10-7-11-21(13-20)23-27-17-28-30-23)29-22-12-18(2)31(16-22)15-19-8-5-4-6-9-19/h4-11,13,17-18,22H,3,12,14-16H2,1-2H3,(H2,25,26,29)(H,27,28,30). The van der Waals surface area contributed by atoms with Gasteiger partial charge >= 0.3 is 0 Å². The molecule has 2 heterocycles. The molecule has 1 aliphatic heterocycles. The second kappa shape index (κ2) is 10.2. The van der Waals surface area contributed by atoms with E-state index in [4.69, 9.17) is 4.99 Å². The molecule has 0 saturated carbocycles. The predicted molar refractivity (Wildman–Crippen MR) is 124 cm³/mol. The molecule has 4 rings (SSSR count). The zero-order valence-corrected chi connectivity index (χ0v) is 18.3. The predicted octanol–water partition coefficient (Wildman–Crippen LogP) is 3.19. The number of nitrogens with one attached hydrogen (secondary N) is 3. The second-order valence-corrected chi connectivity index (χ2v) is 8.07. The van der Waals surface area contributed by atoms with Gasteiger partial charge in [-0.2, -0.15) is 5.10 Å². The lowest BCUT2D eigenvalue weighted by atomic mass is 10.1. The molecule has 1 aliphatic rings. The molecule has 7 nitrogen and oxygen atoms in total. The van der Waals surface area contributed by atoms with Crippen molar-refractivity contribution in [2.24, 2.45) is 4.99 Å². The molecule has 162 valence electrons. The minimum atomic E-state index is 0.386. The fraction of sp³-hybridized carbons (Fsp3) is 0.375. The summed E-state index contributed by atoms with van der Waals surface area (Å²) in [5.74, 6) is 1.64. The fourth-order valence-corrected chi connectivity index (χ4v) is 4.09. The number of rotatable bonds is 7. The summed E-state index contributed by atoms with van der Waals surface area (Å²) in [5, 5.41) is 13.9. The first kappa shape index (κ1) is 21.1. The third-order valence-electron chi connectivity index (χ3n) is 5.65. The van der Waals surface area contributed by atoms with Crippen molar-refractivity contribution < 1.29 is 0 Å². The van der Waals surface area contributed by atoms with Crippen LogP contribution in [0, 0.1) is 0 Å². The Bertz CT molecular complexity index is 969. The van der Waals surface area contributed by atoms with E-state index in [1.54, 1.807) is 0 Å². The summed E-state index contributed by atoms with van der Waals surface area (Å²) in [7, 11) is 0. The molecule has 0 radical (unpaired) electrons. The minimum Gasteiger partial charge on any atom is -0.357 e. The quantitative estimate of drug-likeness (QED) is 0.406. The average Bonchev–Trinajstić information content (AvgIpc) is 3.44. The van der Waals surface area contributed by atoms with Crippen LogP contribution in [0.15, 0.2) is 65.9 Å². The minimum absolute atomic E-state index is 0.386. The van der Waals surface area contributed by atoms with E-state index in [0.717, 1.165) is 49.0 Å². The van der Waals surface area contributed by atoms with Crippen LogP contribution in [0.1, 0.15) is 31.4 Å². The molecule has 2 aromatic carbocycles. The summed E-state index contributed by atoms with van der Waals surface area (Å²) in [6.45, 7) is 7.85. The van der Waals surface area contributed by atoms with Crippen LogP contribution in [-0.4, -0.2) is 51.2 Å². The number of hydrogen-bond donors (Lipinski definition) is 3. The summed E-state index contributed by atoms with van der Waals surface area (Å²) >= 11 is 0. The van der Waals surface area contributed by atoms with Crippen LogP contribution in [0.25, 0.3) is 11.4 Å². The van der Waals surface area contributed by atoms with Gasteiger partial charge < -0.3 is 10.6 Å². The smallest absolute Gasteiger partial charge is 0.191 e. The van der Waals surface area contributed by atoms with Gasteiger partial charge in [-0.25, -0.2) is 9.98 Å². The molecular formula is C24H31N7. The fourth-order valence-electron chi connectivity index (χ4n) is 4.09. The summed E-state index contributed by atoms with van der Waals surface area (Å²) < 4.78 is 0. The molecule has 0 spiro atoms. The van der Waals surface area contributed by atoms with E-state index in [2.05, 4.69) is 87.0 Å². The Morgan fingerprint density at radius 2 is 2.00 bits per heavy atom. The number of hydrogen-bond acceptors (Lipinski definition) is 4. The molecule has 1 saturated heterocycles. The van der Waals surface area contributed by atoms with Crippen molar-refractivity contribution in [2.45, 2.75) is 45.4 Å². The van der Waals surface area contributed by atoms with Gasteiger partial charge in [0.25, 0.3) is 0 Å². The van der Waals surface area contributed by atoms with Gasteiger partial charge in [0.15, 0.2) is 11.8 Å². The Balaban J connectivity index is 1.38. The van der Waals surface area contributed by atoms with Crippen molar-refractivity contribution in [2.75, 3.05) is 13.1 Å². The number of aromatic amines is 1. The Kier molecular flexibility index (Phi) is 6.94. The largest absolute Gasteiger partial charge is 0.357 e. The Morgan fingerprint density at radius 3 is 2.77 bits per heavy atom. The van der Waals surface area contributed by atoms with Gasteiger partial charge in [-0.05, 0) is 37.5 Å². The third-order valence-corrected chi connectivity index (χ3v) is 5.65. The second-order valence-electron chi connectivity index (χ2n) is 8.07. The Morgan fingerprint density at radius 1 is 1.16 bits per heavy atom. The number of nitrogens with zero attached hydrogens (tertiary/aromatic N) is 4. The molecule has 0 bridgehead atoms. The van der Waals surface area contributed by atoms with Crippen molar-refractivity contribution in [1.82, 2.24) is 30.7 Å². The van der Waals surface area contributed by atoms with E-state index < -0.39 is 0 Å². The number of H-pyrrole nitrogens is 1. The van der Waals surface area contributed by atoms with E-state index in [-0.39, 0.29) is 0 Å². The molecule has 31 heavy (non-hydrogen) atoms. The van der Waals surface area contributed by atoms with Gasteiger partial charge in [-0.3, -0.25) is 10.00 Å². The lowest BCUT2D eigenvalue weighted by Gasteiger charge is -2.21. The molecule has 0 aliphatic carbocycles. The van der Waals surface area contributed by atoms with E-state index in [1.165, 1.54) is 11.9 Å². The number of aromatic nitrogens is 3. The van der Waals surface area contributed by atoms with Crippen LogP contribution in [0.3, 0.4) is 0 Å². The lowest BCUT2D eigenvalue weighted by molar-refractivity contribution is 0.258. The molecule has 3 N–H and O–H groups in total. The highest BCUT2D eigenvalue weighted by atomic mass is 15.3. The van der Waals surface area contributed by atoms with Gasteiger partial charge in [0.05, 0.1) is 6.54 Å². The molecule has 3 aromatic rings. The molecule has 2 atom stereocenters. The van der Waals surface area contributed by atoms with E-state index in [0.29, 0.717) is 18.6 Å². The molecular weight excluding hydrogens is 386 g/mol. The molecule has 0 amide bonds. The van der Waals surface area contributed by atoms with Crippen molar-refractivity contribution >= 4 is 5.96 Å². The number of aliphatic imine (C=N–C) groups is 1. The highest BCUT2D eigenvalue weighted by molar-refractivity contribution is 5.80. The van der Waals surface area contributed by atoms with Crippen LogP contribution in [0.4, 0.5) is 0 Å². The zero-order valence-electron chi connectivity index (χ0n) is 18.3. The van der Waals surface area contributed by atoms with Gasteiger partial charge in [-0.1, -0.05) is 48.5 Å². The van der Waals surface area contributed by atoms with Crippen LogP contribution in [0.5, 0.6) is 0 Å². The van der Waals surface area contributed by atoms with Gasteiger partial charge in [0.1, 0.15) is 6.33 Å². The Hall–Kier alpha value is -3.19. The van der Waals surface area contributed by atoms with Crippen LogP contribution in [-0.2, 0) is 13.1 Å². The van der Waals surface area contributed by atoms with Crippen LogP contribution >= 0.6 is 0 Å². The maximum Gasteiger partial charge on any atom is 0.191 e. The average molecular weight is 418 g/mol. The highest BCUT2D eigenvalue weighted by Gasteiger charge is 2.29. The van der Waals surface area contributed by atoms with Crippen molar-refractivity contribution in [1.29, 1.82) is 0 Å². The number of likely N-dealkylation sites (tertiary alicyclic amines) is 1. The maximum absolute atomic E-state index is 4.83. The molecule has 7 heteroatoms. The monoisotopic (exact) mass is 417 g/mol. The van der Waals surface area contributed by atoms with Crippen molar-refractivity contribution in [3.63, 3.8) is 0 Å². The number of guanidine groups is 1. The summed E-state index contributed by atoms with van der Waals surface area (Å²) in [5.41, 5.74) is 3.52. The first-order valence-electron chi connectivity index (χ1n) is 11.0. The van der Waals surface area contributed by atoms with E-state index in [1.807, 2.05) is 12.1 Å². The highest BCUT2D eigenvalue weighted by Crippen LogP contribution is 2.20. The summed E-state index contributed by atoms with van der Waals surface area (Å²) in [4.78, 5) is 11.6. The lowest BCUT2D eigenvalue weighted by Crippen LogP contribution is -2.44. The molecule has 1 fully saturated rings. The normalized spacial score (nSPS) is 19.5. The topological polar surface area (TPSA) is 81.2 Å². The summed E-state index contributed by atoms with van der Waals surface area (Å²) in [6, 6.07) is 19.9. The zero-order chi connectivity index (χ0) is 21.5. The van der Waals surface area contributed by atoms with E-state index >= 15 is 0 Å². The SMILES string of the molecule is CCNC(=NCc1cccc(-c2ncn[nH]2)c1)NC1CC(C)N(Cc2ccccc2)C1. The van der Waals surface area contributed by atoms with Gasteiger partial charge in [0.2, 0.25) is 0 Å². The first-order chi connectivity index (χ1) is 15.2. The maximum atomic E-state index is 4.83. The molecule has 1 aromatic heterocycles. The van der Waals surface area contributed by atoms with Crippen LogP contribution < -0.4 is 10.6 Å². The van der Waals surface area contributed by atoms with Gasteiger partial charge in [0, 0.05) is 37.3 Å². The van der Waals surface area contributed by atoms with Crippen LogP contribution in [0.2, 0.25) is 0 Å². The van der Waals surface area contributed by atoms with Crippen molar-refractivity contribution in [3.8, 4) is 11.4 Å². The molecule has 2 unspecified atom stereocenters. The Labute approximate surface area is 184 Å². The number of benzene rings is 2. The summed E-state index contributed by atoms with van der Waals surface area (Å²) in [6.07, 6.45) is 2.63. The third kappa shape index (κ3) is 5.70.